The summed E-state index contributed by atoms with van der Waals surface area (Å²) in [5.74, 6) is 1.85. The van der Waals surface area contributed by atoms with Crippen LogP contribution in [0.2, 0.25) is 0 Å². The van der Waals surface area contributed by atoms with E-state index in [2.05, 4.69) is 20.2 Å². The highest BCUT2D eigenvalue weighted by atomic mass is 16.6. The van der Waals surface area contributed by atoms with Gasteiger partial charge in [-0.15, -0.1) is 0 Å². The molecule has 24 heavy (non-hydrogen) atoms. The molecule has 7 heteroatoms. The number of H-pyrrole nitrogens is 1. The number of likely N-dealkylation sites (tertiary alicyclic amines) is 1. The van der Waals surface area contributed by atoms with Gasteiger partial charge in [0.1, 0.15) is 11.4 Å². The third kappa shape index (κ3) is 3.90. The largest absolute Gasteiger partial charge is 0.444 e. The fourth-order valence-electron chi connectivity index (χ4n) is 2.75. The number of hydrogen-bond acceptors (Lipinski definition) is 5. The number of carbonyl (C=O) groups is 1. The third-order valence-electron chi connectivity index (χ3n) is 3.97. The number of amides is 1. The molecule has 0 bridgehead atoms. The Morgan fingerprint density at radius 1 is 1.25 bits per heavy atom. The van der Waals surface area contributed by atoms with Crippen LogP contribution in [-0.4, -0.2) is 49.8 Å². The predicted molar refractivity (Wildman–Crippen MR) is 89.4 cm³/mol. The molecule has 1 aliphatic heterocycles. The van der Waals surface area contributed by atoms with Crippen LogP contribution < -0.4 is 0 Å². The normalized spacial score (nSPS) is 16.2. The third-order valence-corrected chi connectivity index (χ3v) is 3.97. The average Bonchev–Trinajstić information content (AvgIpc) is 3.04. The van der Waals surface area contributed by atoms with Crippen molar-refractivity contribution in [3.8, 4) is 11.4 Å². The molecule has 1 N–H and O–H groups in total. The van der Waals surface area contributed by atoms with Gasteiger partial charge in [-0.25, -0.2) is 9.78 Å². The van der Waals surface area contributed by atoms with Gasteiger partial charge in [-0.05, 0) is 45.7 Å². The highest BCUT2D eigenvalue weighted by Gasteiger charge is 2.28. The van der Waals surface area contributed by atoms with Crippen LogP contribution in [0.4, 0.5) is 4.79 Å². The van der Waals surface area contributed by atoms with Gasteiger partial charge in [-0.2, -0.15) is 5.10 Å². The van der Waals surface area contributed by atoms with Crippen molar-refractivity contribution in [3.05, 3.63) is 30.4 Å². The molecule has 0 radical (unpaired) electrons. The van der Waals surface area contributed by atoms with Crippen molar-refractivity contribution in [2.45, 2.75) is 45.1 Å². The molecule has 0 spiro atoms. The molecule has 2 aromatic rings. The number of rotatable bonds is 2. The smallest absolute Gasteiger partial charge is 0.410 e. The van der Waals surface area contributed by atoms with E-state index in [0.29, 0.717) is 18.9 Å². The molecule has 0 atom stereocenters. The molecule has 0 saturated carbocycles. The molecule has 2 aromatic heterocycles. The van der Waals surface area contributed by atoms with Crippen LogP contribution in [0.25, 0.3) is 11.4 Å². The highest BCUT2D eigenvalue weighted by molar-refractivity contribution is 5.68. The number of carbonyl (C=O) groups excluding carboxylic acids is 1. The lowest BCUT2D eigenvalue weighted by Crippen LogP contribution is -2.41. The Kier molecular flexibility index (Phi) is 4.51. The van der Waals surface area contributed by atoms with Crippen LogP contribution in [0.1, 0.15) is 45.4 Å². The maximum Gasteiger partial charge on any atom is 0.410 e. The fraction of sp³-hybridized carbons (Fsp3) is 0.529. The van der Waals surface area contributed by atoms with Gasteiger partial charge >= 0.3 is 6.09 Å². The minimum absolute atomic E-state index is 0.240. The lowest BCUT2D eigenvalue weighted by atomic mass is 9.96. The highest BCUT2D eigenvalue weighted by Crippen LogP contribution is 2.27. The van der Waals surface area contributed by atoms with Crippen LogP contribution in [0.5, 0.6) is 0 Å². The number of aromatic amines is 1. The molecule has 7 nitrogen and oxygen atoms in total. The molecule has 1 amide bonds. The standard InChI is InChI=1S/C17H23N5O2/c1-17(2,3)24-16(23)22-10-6-13(7-11-22)15-19-14(20-21-15)12-4-8-18-9-5-12/h4-5,8-9,13H,6-7,10-11H2,1-3H3,(H,19,20,21). The number of piperidine rings is 1. The van der Waals surface area contributed by atoms with Crippen molar-refractivity contribution in [1.82, 2.24) is 25.1 Å². The Hall–Kier alpha value is -2.44. The van der Waals surface area contributed by atoms with Crippen LogP contribution in [0.15, 0.2) is 24.5 Å². The van der Waals surface area contributed by atoms with Gasteiger partial charge in [0, 0.05) is 37.0 Å². The Balaban J connectivity index is 1.59. The summed E-state index contributed by atoms with van der Waals surface area (Å²) in [4.78, 5) is 22.5. The Morgan fingerprint density at radius 2 is 1.92 bits per heavy atom. The van der Waals surface area contributed by atoms with E-state index in [1.54, 1.807) is 17.3 Å². The predicted octanol–water partition coefficient (Wildman–Crippen LogP) is 2.98. The zero-order chi connectivity index (χ0) is 17.2. The SMILES string of the molecule is CC(C)(C)OC(=O)N1CCC(c2nc(-c3ccncc3)n[nH]2)CC1. The van der Waals surface area contributed by atoms with Gasteiger partial charge in [0.25, 0.3) is 0 Å². The number of nitrogens with zero attached hydrogens (tertiary/aromatic N) is 4. The molecule has 128 valence electrons. The van der Waals surface area contributed by atoms with E-state index in [4.69, 9.17) is 4.74 Å². The summed E-state index contributed by atoms with van der Waals surface area (Å²) in [5.41, 5.74) is 0.483. The van der Waals surface area contributed by atoms with Crippen molar-refractivity contribution in [3.63, 3.8) is 0 Å². The van der Waals surface area contributed by atoms with E-state index in [-0.39, 0.29) is 12.0 Å². The molecule has 0 unspecified atom stereocenters. The van der Waals surface area contributed by atoms with Gasteiger partial charge < -0.3 is 9.64 Å². The second-order valence-electron chi connectivity index (χ2n) is 7.02. The van der Waals surface area contributed by atoms with Crippen LogP contribution in [0.3, 0.4) is 0 Å². The Labute approximate surface area is 141 Å². The van der Waals surface area contributed by atoms with Gasteiger partial charge in [0.15, 0.2) is 5.82 Å². The molecule has 0 aliphatic carbocycles. The van der Waals surface area contributed by atoms with Crippen molar-refractivity contribution in [2.24, 2.45) is 0 Å². The Morgan fingerprint density at radius 3 is 2.54 bits per heavy atom. The van der Waals surface area contributed by atoms with Crippen LogP contribution in [0, 0.1) is 0 Å². The molecule has 3 heterocycles. The lowest BCUT2D eigenvalue weighted by Gasteiger charge is -2.32. The fourth-order valence-corrected chi connectivity index (χ4v) is 2.75. The van der Waals surface area contributed by atoms with Gasteiger partial charge in [-0.1, -0.05) is 0 Å². The maximum absolute atomic E-state index is 12.1. The lowest BCUT2D eigenvalue weighted by molar-refractivity contribution is 0.0203. The quantitative estimate of drug-likeness (QED) is 0.915. The summed E-state index contributed by atoms with van der Waals surface area (Å²) in [5, 5.41) is 7.34. The first-order valence-corrected chi connectivity index (χ1v) is 8.23. The first-order chi connectivity index (χ1) is 11.4. The molecule has 3 rings (SSSR count). The first-order valence-electron chi connectivity index (χ1n) is 8.23. The second-order valence-corrected chi connectivity index (χ2v) is 7.02. The summed E-state index contributed by atoms with van der Waals surface area (Å²) in [6, 6.07) is 3.77. The van der Waals surface area contributed by atoms with Gasteiger partial charge in [0.05, 0.1) is 0 Å². The van der Waals surface area contributed by atoms with Crippen molar-refractivity contribution in [1.29, 1.82) is 0 Å². The summed E-state index contributed by atoms with van der Waals surface area (Å²) >= 11 is 0. The average molecular weight is 329 g/mol. The number of aromatic nitrogens is 4. The van der Waals surface area contributed by atoms with E-state index in [1.807, 2.05) is 32.9 Å². The minimum Gasteiger partial charge on any atom is -0.444 e. The molecular formula is C17H23N5O2. The first kappa shape index (κ1) is 16.4. The van der Waals surface area contributed by atoms with Crippen molar-refractivity contribution < 1.29 is 9.53 Å². The molecule has 1 saturated heterocycles. The van der Waals surface area contributed by atoms with E-state index >= 15 is 0 Å². The number of nitrogens with one attached hydrogen (secondary N) is 1. The van der Waals surface area contributed by atoms with E-state index in [0.717, 1.165) is 24.2 Å². The number of hydrogen-bond donors (Lipinski definition) is 1. The molecule has 0 aromatic carbocycles. The second kappa shape index (κ2) is 6.59. The van der Waals surface area contributed by atoms with Crippen molar-refractivity contribution in [2.75, 3.05) is 13.1 Å². The molecule has 1 aliphatic rings. The zero-order valence-electron chi connectivity index (χ0n) is 14.3. The van der Waals surface area contributed by atoms with Crippen LogP contribution >= 0.6 is 0 Å². The summed E-state index contributed by atoms with van der Waals surface area (Å²) in [6.45, 7) is 6.99. The Bertz CT molecular complexity index is 685. The summed E-state index contributed by atoms with van der Waals surface area (Å²) in [7, 11) is 0. The van der Waals surface area contributed by atoms with Crippen molar-refractivity contribution >= 4 is 6.09 Å². The van der Waals surface area contributed by atoms with Gasteiger partial charge in [0.2, 0.25) is 0 Å². The topological polar surface area (TPSA) is 84.0 Å². The summed E-state index contributed by atoms with van der Waals surface area (Å²) < 4.78 is 5.43. The maximum atomic E-state index is 12.1. The minimum atomic E-state index is -0.460. The van der Waals surface area contributed by atoms with E-state index < -0.39 is 5.60 Å². The van der Waals surface area contributed by atoms with E-state index in [9.17, 15) is 4.79 Å². The number of pyridine rings is 1. The monoisotopic (exact) mass is 329 g/mol. The molecular weight excluding hydrogens is 306 g/mol. The number of ether oxygens (including phenoxy) is 1. The van der Waals surface area contributed by atoms with Gasteiger partial charge in [-0.3, -0.25) is 10.1 Å². The van der Waals surface area contributed by atoms with E-state index in [1.165, 1.54) is 0 Å². The summed E-state index contributed by atoms with van der Waals surface area (Å²) in [6.07, 6.45) is 4.92. The molecule has 1 fully saturated rings. The zero-order valence-corrected chi connectivity index (χ0v) is 14.3. The van der Waals surface area contributed by atoms with Crippen LogP contribution in [-0.2, 0) is 4.74 Å².